The van der Waals surface area contributed by atoms with Gasteiger partial charge in [0.2, 0.25) is 10.0 Å². The average molecular weight is 271 g/mol. The third-order valence-electron chi connectivity index (χ3n) is 2.36. The van der Waals surface area contributed by atoms with Gasteiger partial charge in [0.1, 0.15) is 0 Å². The highest BCUT2D eigenvalue weighted by Crippen LogP contribution is 2.19. The van der Waals surface area contributed by atoms with Gasteiger partial charge in [0.25, 0.3) is 0 Å². The van der Waals surface area contributed by atoms with Gasteiger partial charge in [-0.3, -0.25) is 4.72 Å². The molecule has 0 fully saturated rings. The summed E-state index contributed by atoms with van der Waals surface area (Å²) in [5.74, 6) is -0.458. The average Bonchev–Trinajstić information content (AvgIpc) is 2.27. The molecule has 0 aliphatic heterocycles. The van der Waals surface area contributed by atoms with Crippen LogP contribution in [-0.4, -0.2) is 26.2 Å². The van der Waals surface area contributed by atoms with Gasteiger partial charge in [-0.1, -0.05) is 0 Å². The largest absolute Gasteiger partial charge is 0.465 e. The van der Waals surface area contributed by atoms with Crippen molar-refractivity contribution in [2.75, 3.05) is 11.8 Å². The standard InChI is InChI=1S/C12H17NO4S/c1-12(2,3)18(15,16)13-10-7-5-9(6-8-10)11(14)17-4/h5-8,13H,1-4H3. The number of nitrogens with one attached hydrogen (secondary N) is 1. The molecule has 1 aromatic carbocycles. The maximum absolute atomic E-state index is 11.9. The molecule has 18 heavy (non-hydrogen) atoms. The Morgan fingerprint density at radius 2 is 1.67 bits per heavy atom. The molecule has 6 heteroatoms. The van der Waals surface area contributed by atoms with Gasteiger partial charge in [0, 0.05) is 5.69 Å². The fourth-order valence-electron chi connectivity index (χ4n) is 1.10. The van der Waals surface area contributed by atoms with Crippen molar-refractivity contribution in [3.63, 3.8) is 0 Å². The molecule has 1 N–H and O–H groups in total. The molecule has 1 rings (SSSR count). The summed E-state index contributed by atoms with van der Waals surface area (Å²) in [7, 11) is -2.17. The number of hydrogen-bond acceptors (Lipinski definition) is 4. The summed E-state index contributed by atoms with van der Waals surface area (Å²) in [6.07, 6.45) is 0. The van der Waals surface area contributed by atoms with Gasteiger partial charge < -0.3 is 4.74 Å². The molecule has 0 aliphatic carbocycles. The van der Waals surface area contributed by atoms with E-state index in [-0.39, 0.29) is 0 Å². The highest BCUT2D eigenvalue weighted by molar-refractivity contribution is 7.94. The molecule has 5 nitrogen and oxygen atoms in total. The minimum Gasteiger partial charge on any atom is -0.465 e. The van der Waals surface area contributed by atoms with Crippen LogP contribution in [0.3, 0.4) is 0 Å². The van der Waals surface area contributed by atoms with Crippen molar-refractivity contribution in [2.24, 2.45) is 0 Å². The molecule has 0 bridgehead atoms. The quantitative estimate of drug-likeness (QED) is 0.854. The van der Waals surface area contributed by atoms with Gasteiger partial charge in [-0.25, -0.2) is 13.2 Å². The number of ether oxygens (including phenoxy) is 1. The second-order valence-electron chi connectivity index (χ2n) is 4.79. The highest BCUT2D eigenvalue weighted by Gasteiger charge is 2.28. The molecular weight excluding hydrogens is 254 g/mol. The van der Waals surface area contributed by atoms with Crippen molar-refractivity contribution in [2.45, 2.75) is 25.5 Å². The maximum Gasteiger partial charge on any atom is 0.337 e. The molecule has 100 valence electrons. The van der Waals surface area contributed by atoms with E-state index in [2.05, 4.69) is 9.46 Å². The molecule has 0 saturated carbocycles. The van der Waals surface area contributed by atoms with Crippen LogP contribution in [0.15, 0.2) is 24.3 Å². The minimum absolute atomic E-state index is 0.371. The van der Waals surface area contributed by atoms with Gasteiger partial charge in [-0.05, 0) is 45.0 Å². The number of rotatable bonds is 3. The highest BCUT2D eigenvalue weighted by atomic mass is 32.2. The second-order valence-corrected chi connectivity index (χ2v) is 7.22. The Balaban J connectivity index is 2.92. The summed E-state index contributed by atoms with van der Waals surface area (Å²) >= 11 is 0. The lowest BCUT2D eigenvalue weighted by atomic mass is 10.2. The van der Waals surface area contributed by atoms with Crippen LogP contribution in [0, 0.1) is 0 Å². The van der Waals surface area contributed by atoms with E-state index in [9.17, 15) is 13.2 Å². The summed E-state index contributed by atoms with van der Waals surface area (Å²) in [4.78, 5) is 11.2. The smallest absolute Gasteiger partial charge is 0.337 e. The number of anilines is 1. The lowest BCUT2D eigenvalue weighted by molar-refractivity contribution is 0.0601. The van der Waals surface area contributed by atoms with Crippen LogP contribution >= 0.6 is 0 Å². The van der Waals surface area contributed by atoms with Gasteiger partial charge in [0.15, 0.2) is 0 Å². The van der Waals surface area contributed by atoms with Crippen molar-refractivity contribution in [3.05, 3.63) is 29.8 Å². The fourth-order valence-corrected chi connectivity index (χ4v) is 1.85. The Kier molecular flexibility index (Phi) is 4.01. The van der Waals surface area contributed by atoms with E-state index in [0.717, 1.165) is 0 Å². The number of carbonyl (C=O) groups is 1. The van der Waals surface area contributed by atoms with Crippen LogP contribution in [0.1, 0.15) is 31.1 Å². The zero-order chi connectivity index (χ0) is 14.0. The van der Waals surface area contributed by atoms with E-state index in [1.165, 1.54) is 31.4 Å². The lowest BCUT2D eigenvalue weighted by Gasteiger charge is -2.20. The van der Waals surface area contributed by atoms with Crippen LogP contribution in [0.4, 0.5) is 5.69 Å². The molecule has 0 atom stereocenters. The fraction of sp³-hybridized carbons (Fsp3) is 0.417. The zero-order valence-corrected chi connectivity index (χ0v) is 11.7. The summed E-state index contributed by atoms with van der Waals surface area (Å²) in [5, 5.41) is 0. The molecule has 0 unspecified atom stereocenters. The minimum atomic E-state index is -3.46. The Labute approximate surface area is 107 Å². The second kappa shape index (κ2) is 4.97. The molecule has 1 aromatic rings. The first-order valence-electron chi connectivity index (χ1n) is 5.38. The van der Waals surface area contributed by atoms with E-state index >= 15 is 0 Å². The van der Waals surface area contributed by atoms with E-state index in [1.54, 1.807) is 20.8 Å². The summed E-state index contributed by atoms with van der Waals surface area (Å²) in [6.45, 7) is 4.83. The number of methoxy groups -OCH3 is 1. The topological polar surface area (TPSA) is 72.5 Å². The number of esters is 1. The lowest BCUT2D eigenvalue weighted by Crippen LogP contribution is -2.33. The number of sulfonamides is 1. The normalized spacial score (nSPS) is 12.0. The monoisotopic (exact) mass is 271 g/mol. The molecule has 0 heterocycles. The van der Waals surface area contributed by atoms with E-state index < -0.39 is 20.7 Å². The van der Waals surface area contributed by atoms with Crippen LogP contribution in [-0.2, 0) is 14.8 Å². The van der Waals surface area contributed by atoms with Gasteiger partial charge in [0.05, 0.1) is 17.4 Å². The summed E-state index contributed by atoms with van der Waals surface area (Å²) in [6, 6.07) is 6.06. The van der Waals surface area contributed by atoms with Crippen LogP contribution in [0.25, 0.3) is 0 Å². The van der Waals surface area contributed by atoms with E-state index in [4.69, 9.17) is 0 Å². The van der Waals surface area contributed by atoms with Crippen molar-refractivity contribution in [1.82, 2.24) is 0 Å². The zero-order valence-electron chi connectivity index (χ0n) is 10.9. The van der Waals surface area contributed by atoms with E-state index in [0.29, 0.717) is 11.3 Å². The maximum atomic E-state index is 11.9. The number of benzene rings is 1. The van der Waals surface area contributed by atoms with Crippen molar-refractivity contribution >= 4 is 21.7 Å². The summed E-state index contributed by atoms with van der Waals surface area (Å²) < 4.78 is 29.9. The summed E-state index contributed by atoms with van der Waals surface area (Å²) in [5.41, 5.74) is 0.786. The molecule has 0 radical (unpaired) electrons. The third kappa shape index (κ3) is 3.22. The van der Waals surface area contributed by atoms with Crippen molar-refractivity contribution < 1.29 is 17.9 Å². The van der Waals surface area contributed by atoms with Crippen molar-refractivity contribution in [1.29, 1.82) is 0 Å². The van der Waals surface area contributed by atoms with E-state index in [1.807, 2.05) is 0 Å². The molecule has 0 saturated heterocycles. The number of carbonyl (C=O) groups excluding carboxylic acids is 1. The Hall–Kier alpha value is -1.56. The van der Waals surface area contributed by atoms with Crippen LogP contribution in [0.2, 0.25) is 0 Å². The number of hydrogen-bond donors (Lipinski definition) is 1. The molecule has 0 amide bonds. The van der Waals surface area contributed by atoms with Crippen LogP contribution in [0.5, 0.6) is 0 Å². The first-order chi connectivity index (χ1) is 8.17. The predicted molar refractivity (Wildman–Crippen MR) is 70.1 cm³/mol. The Morgan fingerprint density at radius 1 is 1.17 bits per heavy atom. The van der Waals surface area contributed by atoms with Gasteiger partial charge in [-0.2, -0.15) is 0 Å². The molecule has 0 aromatic heterocycles. The van der Waals surface area contributed by atoms with Gasteiger partial charge in [-0.15, -0.1) is 0 Å². The first kappa shape index (κ1) is 14.5. The first-order valence-corrected chi connectivity index (χ1v) is 6.86. The third-order valence-corrected chi connectivity index (χ3v) is 4.48. The SMILES string of the molecule is COC(=O)c1ccc(NS(=O)(=O)C(C)(C)C)cc1. The van der Waals surface area contributed by atoms with Gasteiger partial charge >= 0.3 is 5.97 Å². The molecule has 0 spiro atoms. The predicted octanol–water partition coefficient (Wildman–Crippen LogP) is 2.01. The molecular formula is C12H17NO4S. The van der Waals surface area contributed by atoms with Crippen molar-refractivity contribution in [3.8, 4) is 0 Å². The molecule has 0 aliphatic rings. The van der Waals surface area contributed by atoms with Crippen LogP contribution < -0.4 is 4.72 Å². The Bertz CT molecular complexity index is 526. The Morgan fingerprint density at radius 3 is 2.06 bits per heavy atom.